The topological polar surface area (TPSA) is 178 Å². The van der Waals surface area contributed by atoms with E-state index in [0.717, 1.165) is 134 Å². The lowest BCUT2D eigenvalue weighted by atomic mass is 9.81. The molecule has 0 spiro atoms. The quantitative estimate of drug-likeness (QED) is 0.125. The summed E-state index contributed by atoms with van der Waals surface area (Å²) in [6.45, 7) is 0. The molecule has 12 aliphatic heterocycles. The van der Waals surface area contributed by atoms with Gasteiger partial charge >= 0.3 is 0 Å². The Balaban J connectivity index is 0.826. The van der Waals surface area contributed by atoms with Gasteiger partial charge in [0.25, 0.3) is 0 Å². The van der Waals surface area contributed by atoms with Crippen LogP contribution in [0.4, 0.5) is 0 Å². The SMILES string of the molecule is Oc1c(CC23C=C4C=CC(=N4)C=c4ccc([nH]4)=CC4=NC(=CC(=CC2)N3)C=C4)cc(CC23C=C4C=CC(=N4)C=c4ccc([nH]4)=CC4=NC(=CC(=CC2)N3)C=C4)cc1CC12C=C3C=CC(=N3)C=c3ccc([nH]3)=CC3=NC(=CC(=CC1)N2)C=C3. The highest BCUT2D eigenvalue weighted by Gasteiger charge is 2.39. The lowest BCUT2D eigenvalue weighted by molar-refractivity contribution is 0.418. The van der Waals surface area contributed by atoms with Crippen LogP contribution in [-0.2, 0) is 19.3 Å². The van der Waals surface area contributed by atoms with Crippen LogP contribution in [0.1, 0.15) is 36.0 Å². The highest BCUT2D eigenvalue weighted by molar-refractivity contribution is 6.22. The predicted octanol–water partition coefficient (Wildman–Crippen LogP) is 6.04. The minimum Gasteiger partial charge on any atom is -0.507 e. The van der Waals surface area contributed by atoms with Gasteiger partial charge in [-0.25, -0.2) is 30.0 Å². The van der Waals surface area contributed by atoms with Gasteiger partial charge < -0.3 is 36.0 Å². The lowest BCUT2D eigenvalue weighted by Gasteiger charge is -2.33. The van der Waals surface area contributed by atoms with Crippen molar-refractivity contribution in [3.63, 3.8) is 0 Å². The second-order valence-electron chi connectivity index (χ2n) is 22.8. The van der Waals surface area contributed by atoms with E-state index < -0.39 is 16.6 Å². The molecule has 3 atom stereocenters. The van der Waals surface area contributed by atoms with Crippen LogP contribution in [0.3, 0.4) is 0 Å². The molecule has 0 saturated carbocycles. The fraction of sp³-hybridized carbons (Fsp3) is 0.130. The second kappa shape index (κ2) is 18.6. The van der Waals surface area contributed by atoms with Crippen LogP contribution in [0.15, 0.2) is 257 Å². The first kappa shape index (κ1) is 47.6. The van der Waals surface area contributed by atoms with Crippen LogP contribution in [0.5, 0.6) is 5.75 Å². The summed E-state index contributed by atoms with van der Waals surface area (Å²) < 4.78 is 0. The van der Waals surface area contributed by atoms with Crippen LogP contribution in [-0.4, -0.2) is 70.9 Å². The van der Waals surface area contributed by atoms with Crippen molar-refractivity contribution in [1.82, 2.24) is 30.9 Å². The zero-order valence-electron chi connectivity index (χ0n) is 44.6. The Morgan fingerprint density at radius 2 is 0.622 bits per heavy atom. The Hall–Kier alpha value is -10.4. The van der Waals surface area contributed by atoms with Gasteiger partial charge in [-0.05, 0) is 225 Å². The number of phenolic OH excluding ortho intramolecular Hbond substituents is 1. The number of aromatic amines is 3. The average molecular weight is 1070 g/mol. The van der Waals surface area contributed by atoms with Crippen LogP contribution >= 0.6 is 0 Å². The number of H-pyrrole nitrogens is 3. The maximum atomic E-state index is 13.2. The zero-order chi connectivity index (χ0) is 54.4. The Kier molecular flexibility index (Phi) is 10.8. The first-order chi connectivity index (χ1) is 40.1. The molecule has 13 nitrogen and oxygen atoms in total. The van der Waals surface area contributed by atoms with Crippen molar-refractivity contribution in [2.45, 2.75) is 55.1 Å². The number of allylic oxidation sites excluding steroid dienone is 15. The molecule has 3 aromatic heterocycles. The van der Waals surface area contributed by atoms with Crippen LogP contribution < -0.4 is 48.0 Å². The number of hydrogen-bond acceptors (Lipinski definition) is 10. The van der Waals surface area contributed by atoms with Crippen molar-refractivity contribution in [2.75, 3.05) is 0 Å². The molecular weight excluding hydrogens is 1010 g/mol. The van der Waals surface area contributed by atoms with E-state index in [4.69, 9.17) is 30.0 Å². The van der Waals surface area contributed by atoms with E-state index >= 15 is 0 Å². The number of aliphatic imine (C=N–C) groups is 6. The summed E-state index contributed by atoms with van der Waals surface area (Å²) in [4.78, 5) is 40.9. The van der Waals surface area contributed by atoms with E-state index in [-0.39, 0.29) is 5.75 Å². The summed E-state index contributed by atoms with van der Waals surface area (Å²) in [5.74, 6) is 0.258. The van der Waals surface area contributed by atoms with Crippen LogP contribution in [0.2, 0.25) is 0 Å². The average Bonchev–Trinajstić information content (AvgIpc) is 4.42. The molecule has 0 saturated heterocycles. The Morgan fingerprint density at radius 3 is 0.939 bits per heavy atom. The first-order valence-corrected chi connectivity index (χ1v) is 28.0. The fourth-order valence-electron chi connectivity index (χ4n) is 12.8. The molecule has 0 fully saturated rings. The Bertz CT molecular complexity index is 4520. The van der Waals surface area contributed by atoms with Crippen molar-refractivity contribution in [2.24, 2.45) is 30.0 Å². The summed E-state index contributed by atoms with van der Waals surface area (Å²) in [6, 6.07) is 16.8. The third-order valence-electron chi connectivity index (χ3n) is 16.4. The molecule has 3 unspecified atom stereocenters. The van der Waals surface area contributed by atoms with Crippen LogP contribution in [0.25, 0.3) is 36.5 Å². The highest BCUT2D eigenvalue weighted by Crippen LogP contribution is 2.41. The molecule has 7 N–H and O–H groups in total. The number of aromatic hydroxyl groups is 1. The van der Waals surface area contributed by atoms with E-state index in [0.29, 0.717) is 38.5 Å². The predicted molar refractivity (Wildman–Crippen MR) is 330 cm³/mol. The molecule has 0 radical (unpaired) electrons. The maximum absolute atomic E-state index is 13.2. The van der Waals surface area contributed by atoms with Gasteiger partial charge in [0.2, 0.25) is 0 Å². The van der Waals surface area contributed by atoms with Crippen molar-refractivity contribution in [3.8, 4) is 5.75 Å². The molecule has 13 heteroatoms. The van der Waals surface area contributed by atoms with E-state index in [1.54, 1.807) is 0 Å². The lowest BCUT2D eigenvalue weighted by Crippen LogP contribution is -2.42. The van der Waals surface area contributed by atoms with Gasteiger partial charge in [0.1, 0.15) is 5.75 Å². The Morgan fingerprint density at radius 1 is 0.341 bits per heavy atom. The number of nitrogens with one attached hydrogen (secondary N) is 6. The summed E-state index contributed by atoms with van der Waals surface area (Å²) >= 11 is 0. The molecule has 24 bridgehead atoms. The molecule has 12 aliphatic rings. The van der Waals surface area contributed by atoms with E-state index in [1.165, 1.54) is 0 Å². The molecule has 396 valence electrons. The molecule has 16 rings (SSSR count). The van der Waals surface area contributed by atoms with Crippen molar-refractivity contribution in [1.29, 1.82) is 0 Å². The molecule has 82 heavy (non-hydrogen) atoms. The van der Waals surface area contributed by atoms with E-state index in [2.05, 4.69) is 231 Å². The van der Waals surface area contributed by atoms with Gasteiger partial charge in [0.05, 0.1) is 85.1 Å². The smallest absolute Gasteiger partial charge is 0.122 e. The van der Waals surface area contributed by atoms with Gasteiger partial charge in [-0.3, -0.25) is 0 Å². The number of fused-ring (bicyclic) bond motifs is 18. The molecule has 1 aromatic carbocycles. The van der Waals surface area contributed by atoms with Gasteiger partial charge in [-0.1, -0.05) is 30.4 Å². The number of aromatic nitrogens is 3. The summed E-state index contributed by atoms with van der Waals surface area (Å²) in [7, 11) is 0. The summed E-state index contributed by atoms with van der Waals surface area (Å²) in [5, 5.41) is 30.9. The standard InChI is InChI=1S/C69H54N12O/c82-66-43(37-68-23-20-61(80-68)34-58-11-8-49(74-58)28-46-2-5-52(71-46)31-55-14-17-64(40-68)77-55)25-42(36-67-22-19-60(79-67)33-57-10-7-48(73-57)27-45-1-4-51(70-45)30-54-13-16-63(39-67)76-54)26-44(66)38-69-24-21-62(81-69)35-59-12-9-50(75-59)29-47-3-6-53(72-47)32-56-15-18-65(41-69)78-56/h1-21,25-35,39-41,70-72,79-82H,22-24,36-38H2. The van der Waals surface area contributed by atoms with Gasteiger partial charge in [-0.2, -0.15) is 0 Å². The third-order valence-corrected chi connectivity index (χ3v) is 16.4. The van der Waals surface area contributed by atoms with Crippen molar-refractivity contribution >= 4 is 70.7 Å². The molecule has 4 aromatic rings. The minimum absolute atomic E-state index is 0.258. The maximum Gasteiger partial charge on any atom is 0.122 e. The van der Waals surface area contributed by atoms with Crippen molar-refractivity contribution in [3.05, 3.63) is 276 Å². The third kappa shape index (κ3) is 9.51. The van der Waals surface area contributed by atoms with Gasteiger partial charge in [-0.15, -0.1) is 0 Å². The molecule has 0 aliphatic carbocycles. The van der Waals surface area contributed by atoms with E-state index in [9.17, 15) is 5.11 Å². The number of hydrogen-bond donors (Lipinski definition) is 7. The second-order valence-corrected chi connectivity index (χ2v) is 22.8. The monoisotopic (exact) mass is 1070 g/mol. The number of phenols is 1. The molecule has 0 amide bonds. The van der Waals surface area contributed by atoms with Gasteiger partial charge in [0.15, 0.2) is 0 Å². The first-order valence-electron chi connectivity index (χ1n) is 28.0. The number of nitrogens with zero attached hydrogens (tertiary/aromatic N) is 6. The van der Waals surface area contributed by atoms with Gasteiger partial charge in [0, 0.05) is 62.0 Å². The summed E-state index contributed by atoms with van der Waals surface area (Å²) in [6.07, 6.45) is 60.5. The molecule has 15 heterocycles. The zero-order valence-corrected chi connectivity index (χ0v) is 44.6. The normalized spacial score (nSPS) is 25.2. The number of rotatable bonds is 6. The number of benzene rings is 1. The van der Waals surface area contributed by atoms with Crippen LogP contribution in [0, 0.1) is 0 Å². The minimum atomic E-state index is -0.678. The fourth-order valence-corrected chi connectivity index (χ4v) is 12.8. The molecular formula is C69H54N12O. The van der Waals surface area contributed by atoms with E-state index in [1.807, 2.05) is 12.2 Å². The highest BCUT2D eigenvalue weighted by atomic mass is 16.3. The van der Waals surface area contributed by atoms with Crippen molar-refractivity contribution < 1.29 is 5.11 Å². The largest absolute Gasteiger partial charge is 0.507 e. The Labute approximate surface area is 471 Å². The summed E-state index contributed by atoms with van der Waals surface area (Å²) in [5.41, 5.74) is 14.0.